The molecule has 1 aliphatic rings. The van der Waals surface area contributed by atoms with E-state index in [-0.39, 0.29) is 18.7 Å². The van der Waals surface area contributed by atoms with Crippen molar-refractivity contribution in [3.63, 3.8) is 0 Å². The maximum Gasteiger partial charge on any atom is 0.315 e. The highest BCUT2D eigenvalue weighted by Gasteiger charge is 2.21. The third-order valence-electron chi connectivity index (χ3n) is 4.12. The van der Waals surface area contributed by atoms with Crippen molar-refractivity contribution in [1.29, 1.82) is 0 Å². The van der Waals surface area contributed by atoms with Gasteiger partial charge in [0.15, 0.2) is 0 Å². The van der Waals surface area contributed by atoms with Gasteiger partial charge in [-0.15, -0.1) is 0 Å². The van der Waals surface area contributed by atoms with E-state index in [1.807, 2.05) is 6.92 Å². The van der Waals surface area contributed by atoms with Gasteiger partial charge in [0.25, 0.3) is 0 Å². The lowest BCUT2D eigenvalue weighted by Crippen LogP contribution is -2.44. The van der Waals surface area contributed by atoms with Crippen molar-refractivity contribution in [3.05, 3.63) is 0 Å². The van der Waals surface area contributed by atoms with Crippen LogP contribution in [-0.4, -0.2) is 30.3 Å². The third-order valence-corrected chi connectivity index (χ3v) is 4.12. The summed E-state index contributed by atoms with van der Waals surface area (Å²) in [7, 11) is 0. The van der Waals surface area contributed by atoms with Gasteiger partial charge in [0.05, 0.1) is 0 Å². The molecule has 4 heteroatoms. The molecule has 106 valence electrons. The predicted octanol–water partition coefficient (Wildman–Crippen LogP) is 2.27. The Balaban J connectivity index is 2.23. The second-order valence-electron chi connectivity index (χ2n) is 5.49. The molecular formula is C14H28N2O2. The van der Waals surface area contributed by atoms with Crippen LogP contribution in [0.2, 0.25) is 0 Å². The summed E-state index contributed by atoms with van der Waals surface area (Å²) in [5.41, 5.74) is 0. The first-order valence-electron chi connectivity index (χ1n) is 7.32. The molecule has 0 heterocycles. The highest BCUT2D eigenvalue weighted by atomic mass is 16.3. The van der Waals surface area contributed by atoms with Crippen molar-refractivity contribution in [2.75, 3.05) is 13.2 Å². The van der Waals surface area contributed by atoms with E-state index in [0.29, 0.717) is 12.3 Å². The Labute approximate surface area is 111 Å². The molecular weight excluding hydrogens is 228 g/mol. The number of carbonyl (C=O) groups excluding carboxylic acids is 1. The van der Waals surface area contributed by atoms with Crippen molar-refractivity contribution in [3.8, 4) is 0 Å². The average Bonchev–Trinajstić information content (AvgIpc) is 2.37. The molecule has 3 unspecified atom stereocenters. The summed E-state index contributed by atoms with van der Waals surface area (Å²) in [6.45, 7) is 5.20. The number of carbonyl (C=O) groups is 1. The number of hydrogen-bond acceptors (Lipinski definition) is 2. The van der Waals surface area contributed by atoms with E-state index in [9.17, 15) is 4.79 Å². The van der Waals surface area contributed by atoms with Gasteiger partial charge in [-0.05, 0) is 31.1 Å². The Hall–Kier alpha value is -0.770. The Kier molecular flexibility index (Phi) is 7.09. The quantitative estimate of drug-likeness (QED) is 0.682. The van der Waals surface area contributed by atoms with E-state index in [2.05, 4.69) is 17.6 Å². The smallest absolute Gasteiger partial charge is 0.315 e. The molecule has 2 amide bonds. The molecule has 1 rings (SSSR count). The van der Waals surface area contributed by atoms with Crippen LogP contribution in [0.5, 0.6) is 0 Å². The van der Waals surface area contributed by atoms with Crippen LogP contribution in [0.4, 0.5) is 4.79 Å². The van der Waals surface area contributed by atoms with Crippen molar-refractivity contribution < 1.29 is 9.90 Å². The van der Waals surface area contributed by atoms with Crippen molar-refractivity contribution in [2.24, 2.45) is 11.8 Å². The summed E-state index contributed by atoms with van der Waals surface area (Å²) in [6, 6.07) is -0.00754. The lowest BCUT2D eigenvalue weighted by Gasteiger charge is -2.29. The standard InChI is InChI=1S/C14H28N2O2/c1-3-13(8-9-17)16-14(18)15-10-12-7-5-4-6-11(12)2/h11-13,17H,3-10H2,1-2H3,(H2,15,16,18). The topological polar surface area (TPSA) is 61.4 Å². The van der Waals surface area contributed by atoms with Crippen LogP contribution in [0.25, 0.3) is 0 Å². The summed E-state index contributed by atoms with van der Waals surface area (Å²) in [5.74, 6) is 1.35. The summed E-state index contributed by atoms with van der Waals surface area (Å²) in [6.07, 6.45) is 6.63. The molecule has 0 spiro atoms. The highest BCUT2D eigenvalue weighted by Crippen LogP contribution is 2.28. The number of amides is 2. The summed E-state index contributed by atoms with van der Waals surface area (Å²) < 4.78 is 0. The number of aliphatic hydroxyl groups excluding tert-OH is 1. The fraction of sp³-hybridized carbons (Fsp3) is 0.929. The molecule has 0 aromatic heterocycles. The van der Waals surface area contributed by atoms with Crippen LogP contribution in [0, 0.1) is 11.8 Å². The Morgan fingerprint density at radius 1 is 1.39 bits per heavy atom. The van der Waals surface area contributed by atoms with E-state index >= 15 is 0 Å². The highest BCUT2D eigenvalue weighted by molar-refractivity contribution is 5.74. The Bertz CT molecular complexity index is 246. The van der Waals surface area contributed by atoms with Gasteiger partial charge < -0.3 is 15.7 Å². The Morgan fingerprint density at radius 2 is 2.11 bits per heavy atom. The lowest BCUT2D eigenvalue weighted by molar-refractivity contribution is 0.215. The van der Waals surface area contributed by atoms with Gasteiger partial charge in [-0.25, -0.2) is 4.79 Å². The van der Waals surface area contributed by atoms with E-state index < -0.39 is 0 Å². The van der Waals surface area contributed by atoms with Crippen LogP contribution < -0.4 is 10.6 Å². The molecule has 0 aromatic rings. The number of rotatable bonds is 6. The molecule has 0 radical (unpaired) electrons. The number of aliphatic hydroxyl groups is 1. The Morgan fingerprint density at radius 3 is 2.72 bits per heavy atom. The number of hydrogen-bond donors (Lipinski definition) is 3. The summed E-state index contributed by atoms with van der Waals surface area (Å²) in [5, 5.41) is 14.8. The molecule has 0 aliphatic heterocycles. The molecule has 18 heavy (non-hydrogen) atoms. The van der Waals surface area contributed by atoms with Crippen LogP contribution in [0.15, 0.2) is 0 Å². The van der Waals surface area contributed by atoms with Gasteiger partial charge in [-0.2, -0.15) is 0 Å². The minimum Gasteiger partial charge on any atom is -0.396 e. The van der Waals surface area contributed by atoms with E-state index in [0.717, 1.165) is 18.9 Å². The van der Waals surface area contributed by atoms with Crippen LogP contribution in [-0.2, 0) is 0 Å². The fourth-order valence-corrected chi connectivity index (χ4v) is 2.69. The van der Waals surface area contributed by atoms with Gasteiger partial charge in [-0.1, -0.05) is 33.1 Å². The van der Waals surface area contributed by atoms with Crippen LogP contribution >= 0.6 is 0 Å². The fourth-order valence-electron chi connectivity index (χ4n) is 2.69. The summed E-state index contributed by atoms with van der Waals surface area (Å²) >= 11 is 0. The average molecular weight is 256 g/mol. The molecule has 3 atom stereocenters. The van der Waals surface area contributed by atoms with Gasteiger partial charge in [0.2, 0.25) is 0 Å². The van der Waals surface area contributed by atoms with Crippen molar-refractivity contribution in [2.45, 2.75) is 58.4 Å². The zero-order valence-electron chi connectivity index (χ0n) is 11.7. The van der Waals surface area contributed by atoms with E-state index in [1.54, 1.807) is 0 Å². The molecule has 1 saturated carbocycles. The van der Waals surface area contributed by atoms with Crippen molar-refractivity contribution in [1.82, 2.24) is 10.6 Å². The summed E-state index contributed by atoms with van der Waals surface area (Å²) in [4.78, 5) is 11.7. The van der Waals surface area contributed by atoms with Gasteiger partial charge in [0, 0.05) is 19.2 Å². The van der Waals surface area contributed by atoms with Crippen LogP contribution in [0.3, 0.4) is 0 Å². The second kappa shape index (κ2) is 8.35. The number of urea groups is 1. The third kappa shape index (κ3) is 5.25. The zero-order chi connectivity index (χ0) is 13.4. The second-order valence-corrected chi connectivity index (χ2v) is 5.49. The maximum atomic E-state index is 11.7. The molecule has 1 aliphatic carbocycles. The minimum absolute atomic E-state index is 0.0822. The van der Waals surface area contributed by atoms with Gasteiger partial charge >= 0.3 is 6.03 Å². The van der Waals surface area contributed by atoms with Crippen LogP contribution in [0.1, 0.15) is 52.4 Å². The molecule has 0 aromatic carbocycles. The molecule has 0 bridgehead atoms. The van der Waals surface area contributed by atoms with Gasteiger partial charge in [0.1, 0.15) is 0 Å². The molecule has 0 saturated heterocycles. The minimum atomic E-state index is -0.0897. The predicted molar refractivity (Wildman–Crippen MR) is 73.4 cm³/mol. The normalized spacial score (nSPS) is 25.5. The van der Waals surface area contributed by atoms with E-state index in [4.69, 9.17) is 5.11 Å². The first-order valence-corrected chi connectivity index (χ1v) is 7.32. The van der Waals surface area contributed by atoms with Gasteiger partial charge in [-0.3, -0.25) is 0 Å². The lowest BCUT2D eigenvalue weighted by atomic mass is 9.80. The molecule has 1 fully saturated rings. The maximum absolute atomic E-state index is 11.7. The monoisotopic (exact) mass is 256 g/mol. The van der Waals surface area contributed by atoms with Crippen molar-refractivity contribution >= 4 is 6.03 Å². The first kappa shape index (κ1) is 15.3. The largest absolute Gasteiger partial charge is 0.396 e. The zero-order valence-corrected chi connectivity index (χ0v) is 11.7. The van der Waals surface area contributed by atoms with E-state index in [1.165, 1.54) is 25.7 Å². The number of nitrogens with one attached hydrogen (secondary N) is 2. The molecule has 3 N–H and O–H groups in total. The SMILES string of the molecule is CCC(CCO)NC(=O)NCC1CCCCC1C. The molecule has 4 nitrogen and oxygen atoms in total. The first-order chi connectivity index (χ1) is 8.67.